The highest BCUT2D eigenvalue weighted by Crippen LogP contribution is 2.33. The van der Waals surface area contributed by atoms with E-state index in [0.717, 1.165) is 40.0 Å². The van der Waals surface area contributed by atoms with Crippen molar-refractivity contribution in [1.82, 2.24) is 25.1 Å². The average Bonchev–Trinajstić information content (AvgIpc) is 3.26. The van der Waals surface area contributed by atoms with Crippen molar-refractivity contribution in [3.63, 3.8) is 0 Å². The molecule has 2 heterocycles. The lowest BCUT2D eigenvalue weighted by Crippen LogP contribution is -2.40. The van der Waals surface area contributed by atoms with Crippen LogP contribution < -0.4 is 5.32 Å². The van der Waals surface area contributed by atoms with E-state index in [-0.39, 0.29) is 37.6 Å². The Morgan fingerprint density at radius 1 is 1.34 bits per heavy atom. The number of aromatic nitrogens is 4. The monoisotopic (exact) mass is 401 g/mol. The van der Waals surface area contributed by atoms with Crippen molar-refractivity contribution in [3.8, 4) is 11.3 Å². The second-order valence-corrected chi connectivity index (χ2v) is 7.84. The highest BCUT2D eigenvalue weighted by molar-refractivity contribution is 6.06. The molecule has 154 valence electrons. The van der Waals surface area contributed by atoms with Gasteiger partial charge in [0.15, 0.2) is 0 Å². The van der Waals surface area contributed by atoms with Gasteiger partial charge in [0.1, 0.15) is 11.5 Å². The van der Waals surface area contributed by atoms with Crippen molar-refractivity contribution >= 4 is 16.8 Å². The number of hydrogen-bond acceptors (Lipinski definition) is 3. The van der Waals surface area contributed by atoms with Crippen LogP contribution in [-0.2, 0) is 13.5 Å². The average molecular weight is 401 g/mol. The van der Waals surface area contributed by atoms with E-state index in [2.05, 4.69) is 26.6 Å². The van der Waals surface area contributed by atoms with Gasteiger partial charge in [-0.1, -0.05) is 6.92 Å². The van der Waals surface area contributed by atoms with Gasteiger partial charge in [0.25, 0.3) is 5.91 Å². The minimum atomic E-state index is -2.62. The molecule has 1 amide bonds. The van der Waals surface area contributed by atoms with Gasteiger partial charge in [0.05, 0.1) is 17.4 Å². The van der Waals surface area contributed by atoms with Gasteiger partial charge >= 0.3 is 0 Å². The summed E-state index contributed by atoms with van der Waals surface area (Å²) in [7, 11) is 1.95. The zero-order chi connectivity index (χ0) is 20.8. The summed E-state index contributed by atoms with van der Waals surface area (Å²) in [4.78, 5) is 17.2. The fourth-order valence-electron chi connectivity index (χ4n) is 3.99. The third kappa shape index (κ3) is 3.63. The molecule has 1 aromatic carbocycles. The fourth-order valence-corrected chi connectivity index (χ4v) is 3.99. The summed E-state index contributed by atoms with van der Waals surface area (Å²) in [5.41, 5.74) is 4.08. The number of imidazole rings is 1. The smallest absolute Gasteiger partial charge is 0.270 e. The number of aromatic amines is 1. The third-order valence-corrected chi connectivity index (χ3v) is 5.91. The zero-order valence-corrected chi connectivity index (χ0v) is 16.9. The van der Waals surface area contributed by atoms with E-state index >= 15 is 0 Å². The number of benzene rings is 1. The number of H-pyrrole nitrogens is 1. The lowest BCUT2D eigenvalue weighted by molar-refractivity contribution is -0.0399. The first-order chi connectivity index (χ1) is 13.8. The molecule has 1 aliphatic rings. The molecule has 0 bridgehead atoms. The Morgan fingerprint density at radius 2 is 2.07 bits per heavy atom. The Balaban J connectivity index is 1.67. The third-order valence-electron chi connectivity index (χ3n) is 5.91. The van der Waals surface area contributed by atoms with Crippen LogP contribution in [0.2, 0.25) is 0 Å². The van der Waals surface area contributed by atoms with E-state index in [1.54, 1.807) is 0 Å². The molecule has 1 fully saturated rings. The number of halogens is 2. The minimum absolute atomic E-state index is 0.189. The molecule has 2 N–H and O–H groups in total. The number of amides is 1. The van der Waals surface area contributed by atoms with Crippen LogP contribution in [0.15, 0.2) is 18.3 Å². The predicted molar refractivity (Wildman–Crippen MR) is 107 cm³/mol. The number of rotatable bonds is 4. The van der Waals surface area contributed by atoms with Gasteiger partial charge in [0, 0.05) is 36.9 Å². The molecule has 0 saturated heterocycles. The summed E-state index contributed by atoms with van der Waals surface area (Å²) < 4.78 is 28.8. The minimum Gasteiger partial charge on any atom is -0.348 e. The first-order valence-electron chi connectivity index (χ1n) is 9.97. The number of hydrogen-bond donors (Lipinski definition) is 2. The number of alkyl halides is 2. The number of aryl methyl sites for hydroxylation is 2. The van der Waals surface area contributed by atoms with Crippen LogP contribution >= 0.6 is 0 Å². The van der Waals surface area contributed by atoms with Gasteiger partial charge in [0.2, 0.25) is 5.92 Å². The molecule has 6 nitrogen and oxygen atoms in total. The van der Waals surface area contributed by atoms with Crippen LogP contribution in [0.4, 0.5) is 8.78 Å². The molecule has 1 saturated carbocycles. The normalized spacial score (nSPS) is 17.0. The number of nitrogens with one attached hydrogen (secondary N) is 2. The molecule has 8 heteroatoms. The molecular formula is C21H25F2N5O. The van der Waals surface area contributed by atoms with Gasteiger partial charge in [-0.15, -0.1) is 0 Å². The second kappa shape index (κ2) is 7.24. The Kier molecular flexibility index (Phi) is 4.88. The van der Waals surface area contributed by atoms with Crippen LogP contribution in [0.3, 0.4) is 0 Å². The molecule has 0 atom stereocenters. The highest BCUT2D eigenvalue weighted by Gasteiger charge is 2.35. The lowest BCUT2D eigenvalue weighted by Gasteiger charge is -2.28. The van der Waals surface area contributed by atoms with Crippen LogP contribution in [0.1, 0.15) is 54.5 Å². The molecule has 2 aromatic heterocycles. The van der Waals surface area contributed by atoms with E-state index < -0.39 is 5.92 Å². The Hall–Kier alpha value is -2.77. The Bertz CT molecular complexity index is 1060. The predicted octanol–water partition coefficient (Wildman–Crippen LogP) is 4.14. The van der Waals surface area contributed by atoms with Crippen LogP contribution in [0.25, 0.3) is 22.2 Å². The molecule has 0 aliphatic heterocycles. The number of carbonyl (C=O) groups excluding carboxylic acids is 1. The molecule has 0 radical (unpaired) electrons. The van der Waals surface area contributed by atoms with Gasteiger partial charge in [-0.25, -0.2) is 13.8 Å². The molecule has 1 aliphatic carbocycles. The van der Waals surface area contributed by atoms with Crippen LogP contribution in [-0.4, -0.2) is 37.6 Å². The van der Waals surface area contributed by atoms with Gasteiger partial charge in [-0.2, -0.15) is 5.10 Å². The second-order valence-electron chi connectivity index (χ2n) is 7.84. The van der Waals surface area contributed by atoms with E-state index in [9.17, 15) is 13.6 Å². The van der Waals surface area contributed by atoms with Crippen molar-refractivity contribution in [2.24, 2.45) is 7.05 Å². The SMILES string of the molecule is CCc1cc(-c2cnc(C)n2C)cc2c(C(=O)NC3CCC(F)(F)CC3)[nH]nc12. The lowest BCUT2D eigenvalue weighted by atomic mass is 9.92. The molecular weight excluding hydrogens is 376 g/mol. The zero-order valence-electron chi connectivity index (χ0n) is 16.9. The van der Waals surface area contributed by atoms with Crippen molar-refractivity contribution in [2.45, 2.75) is 57.9 Å². The molecule has 0 unspecified atom stereocenters. The molecule has 4 rings (SSSR count). The van der Waals surface area contributed by atoms with Gasteiger partial charge < -0.3 is 9.88 Å². The Morgan fingerprint density at radius 3 is 2.69 bits per heavy atom. The summed E-state index contributed by atoms with van der Waals surface area (Å²) in [6.45, 7) is 3.98. The summed E-state index contributed by atoms with van der Waals surface area (Å²) in [5, 5.41) is 10.9. The van der Waals surface area contributed by atoms with Gasteiger partial charge in [-0.05, 0) is 43.9 Å². The molecule has 3 aromatic rings. The van der Waals surface area contributed by atoms with Crippen molar-refractivity contribution in [2.75, 3.05) is 0 Å². The molecule has 29 heavy (non-hydrogen) atoms. The van der Waals surface area contributed by atoms with E-state index in [0.29, 0.717) is 5.69 Å². The Labute approximate surface area is 167 Å². The summed E-state index contributed by atoms with van der Waals surface area (Å²) in [6, 6.07) is 3.78. The first-order valence-corrected chi connectivity index (χ1v) is 9.97. The van der Waals surface area contributed by atoms with Crippen molar-refractivity contribution < 1.29 is 13.6 Å². The summed E-state index contributed by atoms with van der Waals surface area (Å²) in [6.07, 6.45) is 2.77. The summed E-state index contributed by atoms with van der Waals surface area (Å²) in [5.74, 6) is -2.02. The van der Waals surface area contributed by atoms with Crippen LogP contribution in [0, 0.1) is 6.92 Å². The van der Waals surface area contributed by atoms with Crippen molar-refractivity contribution in [3.05, 3.63) is 35.4 Å². The summed E-state index contributed by atoms with van der Waals surface area (Å²) >= 11 is 0. The number of carbonyl (C=O) groups is 1. The number of nitrogens with zero attached hydrogens (tertiary/aromatic N) is 3. The number of fused-ring (bicyclic) bond motifs is 1. The fraction of sp³-hybridized carbons (Fsp3) is 0.476. The largest absolute Gasteiger partial charge is 0.348 e. The molecule has 0 spiro atoms. The topological polar surface area (TPSA) is 75.6 Å². The quantitative estimate of drug-likeness (QED) is 0.690. The maximum absolute atomic E-state index is 13.4. The standard InChI is InChI=1S/C21H25F2N5O/c1-4-13-9-14(17-11-24-12(2)28(17)3)10-16-18(13)26-27-19(16)20(29)25-15-5-7-21(22,23)8-6-15/h9-11,15H,4-8H2,1-3H3,(H,25,29)(H,26,27). The van der Waals surface area contributed by atoms with Crippen molar-refractivity contribution in [1.29, 1.82) is 0 Å². The van der Waals surface area contributed by atoms with Gasteiger partial charge in [-0.3, -0.25) is 9.89 Å². The first kappa shape index (κ1) is 19.5. The van der Waals surface area contributed by atoms with E-state index in [4.69, 9.17) is 0 Å². The van der Waals surface area contributed by atoms with E-state index in [1.165, 1.54) is 0 Å². The highest BCUT2D eigenvalue weighted by atomic mass is 19.3. The van der Waals surface area contributed by atoms with Crippen LogP contribution in [0.5, 0.6) is 0 Å². The van der Waals surface area contributed by atoms with E-state index in [1.807, 2.05) is 37.7 Å². The maximum Gasteiger partial charge on any atom is 0.270 e. The maximum atomic E-state index is 13.4.